The van der Waals surface area contributed by atoms with Gasteiger partial charge in [-0.1, -0.05) is 0 Å². The van der Waals surface area contributed by atoms with Crippen LogP contribution in [0.5, 0.6) is 0 Å². The molecular formula is C20H29N5O2. The number of hydrogen-bond acceptors (Lipinski definition) is 6. The molecule has 0 N–H and O–H groups in total. The molecule has 0 radical (unpaired) electrons. The SMILES string of the molecule is Cc1nc(N2CCCC2)cc(N2CCN(C(=O)C3CCC(=O)CC3)CC2)n1. The van der Waals surface area contributed by atoms with E-state index in [1.165, 1.54) is 12.8 Å². The highest BCUT2D eigenvalue weighted by molar-refractivity contribution is 5.84. The summed E-state index contributed by atoms with van der Waals surface area (Å²) in [5.74, 6) is 3.38. The Bertz CT molecular complexity index is 698. The van der Waals surface area contributed by atoms with Gasteiger partial charge in [-0.15, -0.1) is 0 Å². The number of rotatable bonds is 3. The highest BCUT2D eigenvalue weighted by Gasteiger charge is 2.30. The van der Waals surface area contributed by atoms with Gasteiger partial charge in [-0.3, -0.25) is 9.59 Å². The van der Waals surface area contributed by atoms with Crippen molar-refractivity contribution in [2.75, 3.05) is 49.1 Å². The zero-order valence-corrected chi connectivity index (χ0v) is 16.2. The number of aryl methyl sites for hydroxylation is 1. The molecule has 0 unspecified atom stereocenters. The molecule has 3 fully saturated rings. The van der Waals surface area contributed by atoms with Crippen molar-refractivity contribution in [3.8, 4) is 0 Å². The zero-order chi connectivity index (χ0) is 18.8. The fourth-order valence-corrected chi connectivity index (χ4v) is 4.41. The fraction of sp³-hybridized carbons (Fsp3) is 0.700. The molecule has 1 aliphatic carbocycles. The Kier molecular flexibility index (Phi) is 5.27. The van der Waals surface area contributed by atoms with E-state index in [4.69, 9.17) is 0 Å². The lowest BCUT2D eigenvalue weighted by Gasteiger charge is -2.37. The van der Waals surface area contributed by atoms with Crippen molar-refractivity contribution < 1.29 is 9.59 Å². The first-order valence-corrected chi connectivity index (χ1v) is 10.3. The molecule has 0 aromatic carbocycles. The third-order valence-electron chi connectivity index (χ3n) is 6.05. The first kappa shape index (κ1) is 18.2. The quantitative estimate of drug-likeness (QED) is 0.807. The number of ketones is 1. The highest BCUT2D eigenvalue weighted by Crippen LogP contribution is 2.26. The van der Waals surface area contributed by atoms with E-state index in [0.29, 0.717) is 18.6 Å². The van der Waals surface area contributed by atoms with Gasteiger partial charge in [-0.25, -0.2) is 9.97 Å². The van der Waals surface area contributed by atoms with Gasteiger partial charge in [-0.05, 0) is 32.6 Å². The molecule has 3 aliphatic rings. The second-order valence-electron chi connectivity index (χ2n) is 7.95. The van der Waals surface area contributed by atoms with E-state index in [1.807, 2.05) is 11.8 Å². The molecule has 0 atom stereocenters. The van der Waals surface area contributed by atoms with E-state index in [-0.39, 0.29) is 11.8 Å². The largest absolute Gasteiger partial charge is 0.356 e. The molecule has 1 saturated carbocycles. The van der Waals surface area contributed by atoms with Crippen LogP contribution in [-0.4, -0.2) is 65.8 Å². The van der Waals surface area contributed by atoms with E-state index < -0.39 is 0 Å². The van der Waals surface area contributed by atoms with Crippen LogP contribution in [0.3, 0.4) is 0 Å². The average molecular weight is 371 g/mol. The van der Waals surface area contributed by atoms with Crippen LogP contribution in [0.2, 0.25) is 0 Å². The first-order chi connectivity index (χ1) is 13.1. The van der Waals surface area contributed by atoms with Crippen LogP contribution >= 0.6 is 0 Å². The van der Waals surface area contributed by atoms with Crippen LogP contribution < -0.4 is 9.80 Å². The smallest absolute Gasteiger partial charge is 0.225 e. The molecule has 7 nitrogen and oxygen atoms in total. The van der Waals surface area contributed by atoms with Crippen LogP contribution in [0.1, 0.15) is 44.3 Å². The molecular weight excluding hydrogens is 342 g/mol. The molecule has 7 heteroatoms. The van der Waals surface area contributed by atoms with Crippen molar-refractivity contribution in [3.63, 3.8) is 0 Å². The lowest BCUT2D eigenvalue weighted by molar-refractivity contribution is -0.137. The number of Topliss-reactive ketones (excluding diaryl/α,β-unsaturated/α-hetero) is 1. The fourth-order valence-electron chi connectivity index (χ4n) is 4.41. The van der Waals surface area contributed by atoms with Crippen LogP contribution in [-0.2, 0) is 9.59 Å². The standard InChI is InChI=1S/C20H29N5O2/c1-15-21-18(23-8-2-3-9-23)14-19(22-15)24-10-12-25(13-11-24)20(27)16-4-6-17(26)7-5-16/h14,16H,2-13H2,1H3. The average Bonchev–Trinajstić information content (AvgIpc) is 3.23. The Morgan fingerprint density at radius 3 is 2.07 bits per heavy atom. The minimum absolute atomic E-state index is 0.0392. The van der Waals surface area contributed by atoms with Gasteiger partial charge in [0.25, 0.3) is 0 Å². The molecule has 2 saturated heterocycles. The van der Waals surface area contributed by atoms with E-state index in [1.54, 1.807) is 0 Å². The summed E-state index contributed by atoms with van der Waals surface area (Å²) in [6, 6.07) is 2.10. The van der Waals surface area contributed by atoms with Crippen LogP contribution in [0.25, 0.3) is 0 Å². The molecule has 146 valence electrons. The molecule has 2 aliphatic heterocycles. The van der Waals surface area contributed by atoms with Crippen molar-refractivity contribution in [3.05, 3.63) is 11.9 Å². The van der Waals surface area contributed by atoms with Crippen molar-refractivity contribution in [1.82, 2.24) is 14.9 Å². The maximum absolute atomic E-state index is 12.7. The van der Waals surface area contributed by atoms with Gasteiger partial charge < -0.3 is 14.7 Å². The van der Waals surface area contributed by atoms with Gasteiger partial charge in [-0.2, -0.15) is 0 Å². The lowest BCUT2D eigenvalue weighted by Crippen LogP contribution is -2.51. The van der Waals surface area contributed by atoms with Gasteiger partial charge in [0.1, 0.15) is 23.2 Å². The number of amides is 1. The second-order valence-corrected chi connectivity index (χ2v) is 7.95. The van der Waals surface area contributed by atoms with Crippen molar-refractivity contribution in [2.45, 2.75) is 45.4 Å². The van der Waals surface area contributed by atoms with Gasteiger partial charge in [0.15, 0.2) is 0 Å². The maximum Gasteiger partial charge on any atom is 0.225 e. The molecule has 27 heavy (non-hydrogen) atoms. The molecule has 1 aromatic heterocycles. The number of nitrogens with zero attached hydrogens (tertiary/aromatic N) is 5. The van der Waals surface area contributed by atoms with E-state index >= 15 is 0 Å². The molecule has 1 amide bonds. The van der Waals surface area contributed by atoms with Gasteiger partial charge in [0, 0.05) is 64.1 Å². The predicted molar refractivity (Wildman–Crippen MR) is 104 cm³/mol. The molecule has 0 bridgehead atoms. The zero-order valence-electron chi connectivity index (χ0n) is 16.2. The summed E-state index contributed by atoms with van der Waals surface area (Å²) >= 11 is 0. The molecule has 0 spiro atoms. The third kappa shape index (κ3) is 4.06. The second kappa shape index (κ2) is 7.82. The third-order valence-corrected chi connectivity index (χ3v) is 6.05. The summed E-state index contributed by atoms with van der Waals surface area (Å²) in [4.78, 5) is 40.0. The maximum atomic E-state index is 12.7. The predicted octanol–water partition coefficient (Wildman–Crippen LogP) is 1.79. The van der Waals surface area contributed by atoms with Gasteiger partial charge in [0.2, 0.25) is 5.91 Å². The Morgan fingerprint density at radius 2 is 1.48 bits per heavy atom. The van der Waals surface area contributed by atoms with Crippen LogP contribution in [0, 0.1) is 12.8 Å². The van der Waals surface area contributed by atoms with Crippen molar-refractivity contribution >= 4 is 23.3 Å². The van der Waals surface area contributed by atoms with Crippen LogP contribution in [0.15, 0.2) is 6.07 Å². The summed E-state index contributed by atoms with van der Waals surface area (Å²) in [5, 5.41) is 0. The van der Waals surface area contributed by atoms with Crippen molar-refractivity contribution in [1.29, 1.82) is 0 Å². The molecule has 4 rings (SSSR count). The summed E-state index contributed by atoms with van der Waals surface area (Å²) < 4.78 is 0. The number of hydrogen-bond donors (Lipinski definition) is 0. The van der Waals surface area contributed by atoms with Gasteiger partial charge in [0.05, 0.1) is 0 Å². The van der Waals surface area contributed by atoms with E-state index in [0.717, 1.165) is 69.6 Å². The Hall–Kier alpha value is -2.18. The van der Waals surface area contributed by atoms with E-state index in [2.05, 4.69) is 25.8 Å². The van der Waals surface area contributed by atoms with Crippen LogP contribution in [0.4, 0.5) is 11.6 Å². The summed E-state index contributed by atoms with van der Waals surface area (Å²) in [5.41, 5.74) is 0. The molecule has 1 aromatic rings. The number of aromatic nitrogens is 2. The summed E-state index contributed by atoms with van der Waals surface area (Å²) in [7, 11) is 0. The number of piperazine rings is 1. The van der Waals surface area contributed by atoms with Crippen molar-refractivity contribution in [2.24, 2.45) is 5.92 Å². The highest BCUT2D eigenvalue weighted by atomic mass is 16.2. The number of anilines is 2. The number of carbonyl (C=O) groups excluding carboxylic acids is 2. The lowest BCUT2D eigenvalue weighted by atomic mass is 9.87. The topological polar surface area (TPSA) is 69.6 Å². The summed E-state index contributed by atoms with van der Waals surface area (Å²) in [6.07, 6.45) is 5.04. The molecule has 3 heterocycles. The minimum Gasteiger partial charge on any atom is -0.356 e. The van der Waals surface area contributed by atoms with E-state index in [9.17, 15) is 9.59 Å². The summed E-state index contributed by atoms with van der Waals surface area (Å²) in [6.45, 7) is 7.15. The van der Waals surface area contributed by atoms with Gasteiger partial charge >= 0.3 is 0 Å². The normalized spacial score (nSPS) is 21.8. The Labute approximate surface area is 160 Å². The Balaban J connectivity index is 1.37. The monoisotopic (exact) mass is 371 g/mol. The minimum atomic E-state index is 0.0392. The Morgan fingerprint density at radius 1 is 0.926 bits per heavy atom. The first-order valence-electron chi connectivity index (χ1n) is 10.3. The number of carbonyl (C=O) groups is 2.